The van der Waals surface area contributed by atoms with Crippen molar-refractivity contribution in [2.75, 3.05) is 18.6 Å². The molecule has 25 heavy (non-hydrogen) atoms. The number of nitrogens with zero attached hydrogens (tertiary/aromatic N) is 2. The standard InChI is InChI=1S/C18H17BrN2O4/c1-25-16-5-3-2-4-12(16)6-7-17(22)20-9-8-13-10-14(19)11-15(18(13)20)21(23)24/h2-5,10-11H,6-9H2,1H3. The highest BCUT2D eigenvalue weighted by atomic mass is 79.9. The monoisotopic (exact) mass is 404 g/mol. The molecule has 1 heterocycles. The van der Waals surface area contributed by atoms with E-state index in [0.717, 1.165) is 16.9 Å². The van der Waals surface area contributed by atoms with E-state index < -0.39 is 4.92 Å². The second-order valence-corrected chi connectivity index (χ2v) is 6.71. The summed E-state index contributed by atoms with van der Waals surface area (Å²) in [7, 11) is 1.60. The molecular formula is C18H17BrN2O4. The van der Waals surface area contributed by atoms with E-state index in [2.05, 4.69) is 15.9 Å². The number of halogens is 1. The number of fused-ring (bicyclic) bond motifs is 1. The highest BCUT2D eigenvalue weighted by molar-refractivity contribution is 9.10. The van der Waals surface area contributed by atoms with Gasteiger partial charge in [0.2, 0.25) is 5.91 Å². The Bertz CT molecular complexity index is 838. The minimum atomic E-state index is -0.435. The van der Waals surface area contributed by atoms with Crippen molar-refractivity contribution in [1.82, 2.24) is 0 Å². The quantitative estimate of drug-likeness (QED) is 0.559. The third kappa shape index (κ3) is 3.51. The Labute approximate surface area is 153 Å². The molecule has 1 aliphatic heterocycles. The van der Waals surface area contributed by atoms with Crippen molar-refractivity contribution >= 4 is 33.2 Å². The number of benzene rings is 2. The van der Waals surface area contributed by atoms with Crippen LogP contribution in [0.4, 0.5) is 11.4 Å². The first-order chi connectivity index (χ1) is 12.0. The summed E-state index contributed by atoms with van der Waals surface area (Å²) in [5.74, 6) is 0.627. The van der Waals surface area contributed by atoms with Gasteiger partial charge in [0.25, 0.3) is 5.69 Å². The Hall–Kier alpha value is -2.41. The van der Waals surface area contributed by atoms with Crippen LogP contribution in [0.5, 0.6) is 5.75 Å². The van der Waals surface area contributed by atoms with Crippen molar-refractivity contribution in [3.8, 4) is 5.75 Å². The molecule has 7 heteroatoms. The molecule has 0 saturated heterocycles. The van der Waals surface area contributed by atoms with Gasteiger partial charge in [-0.05, 0) is 36.1 Å². The highest BCUT2D eigenvalue weighted by Crippen LogP contribution is 2.40. The maximum Gasteiger partial charge on any atom is 0.294 e. The molecule has 0 saturated carbocycles. The lowest BCUT2D eigenvalue weighted by atomic mass is 10.1. The predicted octanol–water partition coefficient (Wildman–Crippen LogP) is 3.89. The summed E-state index contributed by atoms with van der Waals surface area (Å²) in [6.45, 7) is 0.470. The third-order valence-corrected chi connectivity index (χ3v) is 4.76. The molecule has 2 aromatic rings. The maximum absolute atomic E-state index is 12.7. The van der Waals surface area contributed by atoms with Crippen LogP contribution in [0.1, 0.15) is 17.5 Å². The fourth-order valence-electron chi connectivity index (χ4n) is 3.16. The molecular weight excluding hydrogens is 388 g/mol. The van der Waals surface area contributed by atoms with Gasteiger partial charge in [-0.1, -0.05) is 34.1 Å². The SMILES string of the molecule is COc1ccccc1CCC(=O)N1CCc2cc(Br)cc([N+](=O)[O-])c21. The maximum atomic E-state index is 12.7. The van der Waals surface area contributed by atoms with E-state index in [1.165, 1.54) is 11.0 Å². The number of ether oxygens (including phenoxy) is 1. The first-order valence-corrected chi connectivity index (χ1v) is 8.69. The number of carbonyl (C=O) groups excluding carboxylic acids is 1. The van der Waals surface area contributed by atoms with Crippen molar-refractivity contribution in [3.63, 3.8) is 0 Å². The van der Waals surface area contributed by atoms with Crippen LogP contribution in [0.2, 0.25) is 0 Å². The number of aryl methyl sites for hydroxylation is 1. The summed E-state index contributed by atoms with van der Waals surface area (Å²) in [6, 6.07) is 10.8. The number of methoxy groups -OCH3 is 1. The van der Waals surface area contributed by atoms with Crippen LogP contribution >= 0.6 is 15.9 Å². The number of amides is 1. The first kappa shape index (κ1) is 17.4. The topological polar surface area (TPSA) is 72.7 Å². The van der Waals surface area contributed by atoms with E-state index in [4.69, 9.17) is 4.74 Å². The Morgan fingerprint density at radius 2 is 2.12 bits per heavy atom. The smallest absolute Gasteiger partial charge is 0.294 e. The van der Waals surface area contributed by atoms with Gasteiger partial charge in [0.1, 0.15) is 11.4 Å². The van der Waals surface area contributed by atoms with Gasteiger partial charge in [0, 0.05) is 23.5 Å². The average molecular weight is 405 g/mol. The molecule has 0 spiro atoms. The average Bonchev–Trinajstić information content (AvgIpc) is 3.02. The number of rotatable bonds is 5. The zero-order valence-electron chi connectivity index (χ0n) is 13.7. The van der Waals surface area contributed by atoms with E-state index in [1.54, 1.807) is 7.11 Å². The zero-order chi connectivity index (χ0) is 18.0. The lowest BCUT2D eigenvalue weighted by Gasteiger charge is -2.18. The molecule has 0 bridgehead atoms. The second-order valence-electron chi connectivity index (χ2n) is 5.80. The van der Waals surface area contributed by atoms with Crippen LogP contribution in [0.15, 0.2) is 40.9 Å². The number of para-hydroxylation sites is 1. The molecule has 0 aliphatic carbocycles. The van der Waals surface area contributed by atoms with E-state index in [9.17, 15) is 14.9 Å². The van der Waals surface area contributed by atoms with Gasteiger partial charge < -0.3 is 9.64 Å². The van der Waals surface area contributed by atoms with Crippen LogP contribution < -0.4 is 9.64 Å². The van der Waals surface area contributed by atoms with Gasteiger partial charge in [0.05, 0.1) is 12.0 Å². The molecule has 0 radical (unpaired) electrons. The van der Waals surface area contributed by atoms with Gasteiger partial charge in [-0.15, -0.1) is 0 Å². The number of nitro benzene ring substituents is 1. The Kier molecular flexibility index (Phi) is 5.03. The Morgan fingerprint density at radius 1 is 1.36 bits per heavy atom. The minimum absolute atomic E-state index is 0.0347. The molecule has 1 amide bonds. The summed E-state index contributed by atoms with van der Waals surface area (Å²) in [6.07, 6.45) is 1.42. The summed E-state index contributed by atoms with van der Waals surface area (Å²) in [4.78, 5) is 25.2. The van der Waals surface area contributed by atoms with Crippen LogP contribution in [-0.2, 0) is 17.6 Å². The second kappa shape index (κ2) is 7.23. The van der Waals surface area contributed by atoms with E-state index >= 15 is 0 Å². The lowest BCUT2D eigenvalue weighted by Crippen LogP contribution is -2.29. The van der Waals surface area contributed by atoms with Crippen LogP contribution in [0.25, 0.3) is 0 Å². The molecule has 130 valence electrons. The molecule has 1 aliphatic rings. The van der Waals surface area contributed by atoms with E-state index in [1.807, 2.05) is 30.3 Å². The van der Waals surface area contributed by atoms with Crippen molar-refractivity contribution in [2.45, 2.75) is 19.3 Å². The number of anilines is 1. The first-order valence-electron chi connectivity index (χ1n) is 7.90. The Morgan fingerprint density at radius 3 is 2.84 bits per heavy atom. The highest BCUT2D eigenvalue weighted by Gasteiger charge is 2.32. The van der Waals surface area contributed by atoms with Crippen LogP contribution in [0.3, 0.4) is 0 Å². The summed E-state index contributed by atoms with van der Waals surface area (Å²) >= 11 is 3.30. The zero-order valence-corrected chi connectivity index (χ0v) is 15.3. The molecule has 0 N–H and O–H groups in total. The van der Waals surface area contributed by atoms with Crippen molar-refractivity contribution in [1.29, 1.82) is 0 Å². The van der Waals surface area contributed by atoms with E-state index in [-0.39, 0.29) is 18.0 Å². The number of hydrogen-bond acceptors (Lipinski definition) is 4. The van der Waals surface area contributed by atoms with Crippen molar-refractivity contribution < 1.29 is 14.5 Å². The van der Waals surface area contributed by atoms with Gasteiger partial charge in [-0.2, -0.15) is 0 Å². The predicted molar refractivity (Wildman–Crippen MR) is 98.2 cm³/mol. The summed E-state index contributed by atoms with van der Waals surface area (Å²) in [5, 5.41) is 11.4. The summed E-state index contributed by atoms with van der Waals surface area (Å²) < 4.78 is 5.96. The van der Waals surface area contributed by atoms with Crippen LogP contribution in [0, 0.1) is 10.1 Å². The van der Waals surface area contributed by atoms with Crippen molar-refractivity contribution in [2.24, 2.45) is 0 Å². The number of hydrogen-bond donors (Lipinski definition) is 0. The molecule has 0 fully saturated rings. The largest absolute Gasteiger partial charge is 0.496 e. The molecule has 6 nitrogen and oxygen atoms in total. The van der Waals surface area contributed by atoms with Gasteiger partial charge in [0.15, 0.2) is 0 Å². The normalized spacial score (nSPS) is 12.8. The molecule has 0 atom stereocenters. The molecule has 3 rings (SSSR count). The Balaban J connectivity index is 1.81. The lowest BCUT2D eigenvalue weighted by molar-refractivity contribution is -0.384. The number of carbonyl (C=O) groups is 1. The molecule has 0 unspecified atom stereocenters. The molecule has 0 aromatic heterocycles. The fraction of sp³-hybridized carbons (Fsp3) is 0.278. The van der Waals surface area contributed by atoms with Gasteiger partial charge in [-0.3, -0.25) is 14.9 Å². The minimum Gasteiger partial charge on any atom is -0.496 e. The molecule has 2 aromatic carbocycles. The van der Waals surface area contributed by atoms with Gasteiger partial charge >= 0.3 is 0 Å². The summed E-state index contributed by atoms with van der Waals surface area (Å²) in [5.41, 5.74) is 2.17. The van der Waals surface area contributed by atoms with E-state index in [0.29, 0.717) is 29.5 Å². The third-order valence-electron chi connectivity index (χ3n) is 4.31. The van der Waals surface area contributed by atoms with Crippen molar-refractivity contribution in [3.05, 3.63) is 62.1 Å². The fourth-order valence-corrected chi connectivity index (χ4v) is 3.65. The van der Waals surface area contributed by atoms with Gasteiger partial charge in [-0.25, -0.2) is 0 Å². The van der Waals surface area contributed by atoms with Crippen LogP contribution in [-0.4, -0.2) is 24.5 Å². The number of nitro groups is 1.